The van der Waals surface area contributed by atoms with Crippen LogP contribution in [0.1, 0.15) is 12.6 Å². The van der Waals surface area contributed by atoms with E-state index >= 15 is 0 Å². The van der Waals surface area contributed by atoms with E-state index in [1.807, 2.05) is 50.2 Å². The largest absolute Gasteiger partial charge is 0.437 e. The van der Waals surface area contributed by atoms with Gasteiger partial charge in [-0.1, -0.05) is 6.92 Å². The van der Waals surface area contributed by atoms with Crippen LogP contribution in [-0.2, 0) is 6.42 Å². The van der Waals surface area contributed by atoms with Crippen LogP contribution in [0.25, 0.3) is 0 Å². The second kappa shape index (κ2) is 5.56. The summed E-state index contributed by atoms with van der Waals surface area (Å²) in [5.74, 6) is 1.11. The molecule has 100 valence electrons. The number of benzene rings is 1. The number of nitrogen functional groups attached to an aromatic ring is 1. The molecule has 0 aliphatic heterocycles. The van der Waals surface area contributed by atoms with Gasteiger partial charge in [0.2, 0.25) is 5.88 Å². The summed E-state index contributed by atoms with van der Waals surface area (Å²) in [6.45, 7) is 2.03. The van der Waals surface area contributed by atoms with E-state index in [0.29, 0.717) is 17.3 Å². The predicted molar refractivity (Wildman–Crippen MR) is 76.7 cm³/mol. The fourth-order valence-corrected chi connectivity index (χ4v) is 1.63. The van der Waals surface area contributed by atoms with Crippen LogP contribution in [0.3, 0.4) is 0 Å². The maximum absolute atomic E-state index is 5.92. The average molecular weight is 258 g/mol. The molecule has 5 nitrogen and oxygen atoms in total. The van der Waals surface area contributed by atoms with Gasteiger partial charge in [0.15, 0.2) is 5.75 Å². The van der Waals surface area contributed by atoms with E-state index in [2.05, 4.69) is 9.97 Å². The van der Waals surface area contributed by atoms with Gasteiger partial charge in [0.05, 0.1) is 5.69 Å². The summed E-state index contributed by atoms with van der Waals surface area (Å²) in [6.07, 6.45) is 2.34. The smallest absolute Gasteiger partial charge is 0.222 e. The minimum Gasteiger partial charge on any atom is -0.437 e. The maximum Gasteiger partial charge on any atom is 0.222 e. The lowest BCUT2D eigenvalue weighted by molar-refractivity contribution is 0.462. The normalized spacial score (nSPS) is 10.3. The fourth-order valence-electron chi connectivity index (χ4n) is 1.63. The minimum atomic E-state index is 0.509. The van der Waals surface area contributed by atoms with E-state index in [9.17, 15) is 0 Å². The number of ether oxygens (including phenoxy) is 1. The molecule has 0 unspecified atom stereocenters. The summed E-state index contributed by atoms with van der Waals surface area (Å²) in [4.78, 5) is 10.2. The van der Waals surface area contributed by atoms with Gasteiger partial charge in [0.1, 0.15) is 6.33 Å². The molecule has 0 radical (unpaired) electrons. The summed E-state index contributed by atoms with van der Waals surface area (Å²) in [5, 5.41) is 0. The number of aryl methyl sites for hydroxylation is 1. The van der Waals surface area contributed by atoms with Crippen molar-refractivity contribution in [2.45, 2.75) is 13.3 Å². The van der Waals surface area contributed by atoms with Crippen molar-refractivity contribution in [1.29, 1.82) is 0 Å². The van der Waals surface area contributed by atoms with E-state index < -0.39 is 0 Å². The third kappa shape index (κ3) is 3.13. The first-order valence-corrected chi connectivity index (χ1v) is 6.15. The second-order valence-corrected chi connectivity index (χ2v) is 4.42. The summed E-state index contributed by atoms with van der Waals surface area (Å²) >= 11 is 0. The summed E-state index contributed by atoms with van der Waals surface area (Å²) < 4.78 is 5.74. The van der Waals surface area contributed by atoms with Crippen LogP contribution in [-0.4, -0.2) is 24.1 Å². The van der Waals surface area contributed by atoms with E-state index in [4.69, 9.17) is 10.5 Å². The molecule has 0 aliphatic carbocycles. The van der Waals surface area contributed by atoms with Crippen molar-refractivity contribution in [1.82, 2.24) is 9.97 Å². The molecular weight excluding hydrogens is 240 g/mol. The van der Waals surface area contributed by atoms with Gasteiger partial charge in [-0.15, -0.1) is 0 Å². The molecule has 2 rings (SSSR count). The Labute approximate surface area is 113 Å². The van der Waals surface area contributed by atoms with Crippen LogP contribution in [0.15, 0.2) is 30.6 Å². The second-order valence-electron chi connectivity index (χ2n) is 4.42. The highest BCUT2D eigenvalue weighted by Gasteiger charge is 2.07. The number of nitrogens with two attached hydrogens (primary N) is 1. The molecule has 2 N–H and O–H groups in total. The van der Waals surface area contributed by atoms with Gasteiger partial charge in [-0.05, 0) is 18.6 Å². The highest BCUT2D eigenvalue weighted by Crippen LogP contribution is 2.30. The molecule has 2 aromatic rings. The van der Waals surface area contributed by atoms with E-state index in [1.165, 1.54) is 6.33 Å². The van der Waals surface area contributed by atoms with Gasteiger partial charge in [-0.2, -0.15) is 0 Å². The Balaban J connectivity index is 2.29. The first kappa shape index (κ1) is 13.1. The number of hydrogen-bond acceptors (Lipinski definition) is 5. The van der Waals surface area contributed by atoms with Crippen molar-refractivity contribution in [3.63, 3.8) is 0 Å². The Morgan fingerprint density at radius 2 is 2.00 bits per heavy atom. The monoisotopic (exact) mass is 258 g/mol. The average Bonchev–Trinajstić information content (AvgIpc) is 2.41. The highest BCUT2D eigenvalue weighted by atomic mass is 16.5. The van der Waals surface area contributed by atoms with Crippen molar-refractivity contribution < 1.29 is 4.74 Å². The molecule has 0 spiro atoms. The summed E-state index contributed by atoms with van der Waals surface area (Å²) in [6, 6.07) is 7.48. The van der Waals surface area contributed by atoms with Crippen molar-refractivity contribution in [3.05, 3.63) is 36.3 Å². The third-order valence-corrected chi connectivity index (χ3v) is 2.79. The zero-order chi connectivity index (χ0) is 13.8. The Morgan fingerprint density at radius 3 is 2.68 bits per heavy atom. The van der Waals surface area contributed by atoms with Gasteiger partial charge < -0.3 is 15.4 Å². The number of nitrogens with zero attached hydrogens (tertiary/aromatic N) is 3. The Bertz CT molecular complexity index is 569. The van der Waals surface area contributed by atoms with Gasteiger partial charge >= 0.3 is 0 Å². The molecule has 0 atom stereocenters. The maximum atomic E-state index is 5.92. The molecule has 0 saturated heterocycles. The fraction of sp³-hybridized carbons (Fsp3) is 0.286. The lowest BCUT2D eigenvalue weighted by Gasteiger charge is -2.15. The van der Waals surface area contributed by atoms with Gasteiger partial charge in [0, 0.05) is 37.6 Å². The number of hydrogen-bond donors (Lipinski definition) is 1. The van der Waals surface area contributed by atoms with Gasteiger partial charge in [-0.25, -0.2) is 9.97 Å². The van der Waals surface area contributed by atoms with E-state index in [-0.39, 0.29) is 0 Å². The predicted octanol–water partition coefficient (Wildman–Crippen LogP) is 2.48. The van der Waals surface area contributed by atoms with Crippen molar-refractivity contribution in [3.8, 4) is 11.6 Å². The van der Waals surface area contributed by atoms with E-state index in [1.54, 1.807) is 0 Å². The molecule has 1 heterocycles. The van der Waals surface area contributed by atoms with Crippen LogP contribution in [0.2, 0.25) is 0 Å². The molecule has 0 bridgehead atoms. The molecule has 19 heavy (non-hydrogen) atoms. The lowest BCUT2D eigenvalue weighted by atomic mass is 10.2. The standard InChI is InChI=1S/C14H18N4O/c1-4-10-7-14(17-9-16-10)19-13-8-11(18(2)3)5-6-12(13)15/h5-9H,4,15H2,1-3H3. The van der Waals surface area contributed by atoms with Gasteiger partial charge in [-0.3, -0.25) is 0 Å². The molecule has 0 saturated carbocycles. The van der Waals surface area contributed by atoms with E-state index in [0.717, 1.165) is 17.8 Å². The van der Waals surface area contributed by atoms with Crippen LogP contribution >= 0.6 is 0 Å². The quantitative estimate of drug-likeness (QED) is 0.853. The number of aromatic nitrogens is 2. The SMILES string of the molecule is CCc1cc(Oc2cc(N(C)C)ccc2N)ncn1. The van der Waals surface area contributed by atoms with Crippen molar-refractivity contribution in [2.75, 3.05) is 24.7 Å². The Hall–Kier alpha value is -2.30. The van der Waals surface area contributed by atoms with Crippen LogP contribution in [0, 0.1) is 0 Å². The molecule has 0 fully saturated rings. The molecule has 5 heteroatoms. The zero-order valence-corrected chi connectivity index (χ0v) is 11.4. The Morgan fingerprint density at radius 1 is 1.21 bits per heavy atom. The molecule has 0 aliphatic rings. The number of rotatable bonds is 4. The highest BCUT2D eigenvalue weighted by molar-refractivity contribution is 5.62. The van der Waals surface area contributed by atoms with Crippen molar-refractivity contribution >= 4 is 11.4 Å². The zero-order valence-electron chi connectivity index (χ0n) is 11.4. The topological polar surface area (TPSA) is 64.3 Å². The molecular formula is C14H18N4O. The van der Waals surface area contributed by atoms with Crippen LogP contribution < -0.4 is 15.4 Å². The molecule has 1 aromatic heterocycles. The first-order valence-electron chi connectivity index (χ1n) is 6.15. The minimum absolute atomic E-state index is 0.509. The Kier molecular flexibility index (Phi) is 3.85. The van der Waals surface area contributed by atoms with Gasteiger partial charge in [0.25, 0.3) is 0 Å². The molecule has 1 aromatic carbocycles. The first-order chi connectivity index (χ1) is 9.10. The van der Waals surface area contributed by atoms with Crippen molar-refractivity contribution in [2.24, 2.45) is 0 Å². The summed E-state index contributed by atoms with van der Waals surface area (Å²) in [5.41, 5.74) is 8.47. The molecule has 0 amide bonds. The lowest BCUT2D eigenvalue weighted by Crippen LogP contribution is -2.08. The van der Waals surface area contributed by atoms with Crippen LogP contribution in [0.5, 0.6) is 11.6 Å². The van der Waals surface area contributed by atoms with Crippen LogP contribution in [0.4, 0.5) is 11.4 Å². The summed E-state index contributed by atoms with van der Waals surface area (Å²) in [7, 11) is 3.93. The third-order valence-electron chi connectivity index (χ3n) is 2.79. The number of anilines is 2.